The van der Waals surface area contributed by atoms with Crippen LogP contribution in [0.3, 0.4) is 0 Å². The van der Waals surface area contributed by atoms with Crippen LogP contribution in [0.5, 0.6) is 0 Å². The number of aromatic nitrogens is 1. The summed E-state index contributed by atoms with van der Waals surface area (Å²) in [5.41, 5.74) is 7.51. The Morgan fingerprint density at radius 1 is 1.04 bits per heavy atom. The first kappa shape index (κ1) is 34.6. The van der Waals surface area contributed by atoms with Crippen molar-refractivity contribution in [2.24, 2.45) is 41.4 Å². The van der Waals surface area contributed by atoms with Crippen LogP contribution in [0.25, 0.3) is 0 Å². The number of anilines is 1. The number of rotatable bonds is 10. The van der Waals surface area contributed by atoms with Crippen LogP contribution in [-0.4, -0.2) is 46.5 Å². The van der Waals surface area contributed by atoms with Gasteiger partial charge in [-0.3, -0.25) is 24.4 Å². The van der Waals surface area contributed by atoms with E-state index in [-0.39, 0.29) is 47.9 Å². The number of ether oxygens (including phenoxy) is 1. The van der Waals surface area contributed by atoms with Gasteiger partial charge in [-0.25, -0.2) is 16.3 Å². The molecule has 2 unspecified atom stereocenters. The number of nitrogens with zero attached hydrogens (tertiary/aromatic N) is 1. The van der Waals surface area contributed by atoms with Crippen molar-refractivity contribution in [3.8, 4) is 0 Å². The van der Waals surface area contributed by atoms with Crippen LogP contribution >= 0.6 is 0 Å². The number of allylic oxidation sites excluding steroid dienone is 3. The molecule has 1 fully saturated rings. The molecule has 6 rings (SSSR count). The molecule has 2 aliphatic carbocycles. The molecule has 2 aromatic rings. The molecule has 3 heterocycles. The largest absolute Gasteiger partial charge is 0.494 e. The number of hydrazine groups is 1. The van der Waals surface area contributed by atoms with Gasteiger partial charge in [0.2, 0.25) is 17.7 Å². The normalized spacial score (nSPS) is 24.1. The molecule has 13 heteroatoms. The van der Waals surface area contributed by atoms with Crippen molar-refractivity contribution in [3.05, 3.63) is 82.8 Å². The van der Waals surface area contributed by atoms with E-state index in [0.29, 0.717) is 43.8 Å². The molecule has 0 saturated heterocycles. The quantitative estimate of drug-likeness (QED) is 0.114. The molecule has 0 spiro atoms. The van der Waals surface area contributed by atoms with Gasteiger partial charge in [0.1, 0.15) is 17.6 Å². The maximum absolute atomic E-state index is 14.0. The number of nitrogens with one attached hydrogen (secondary N) is 5. The Morgan fingerprint density at radius 2 is 1.75 bits per heavy atom. The molecule has 1 aromatic heterocycles. The lowest BCUT2D eigenvalue weighted by atomic mass is 9.74. The zero-order chi connectivity index (χ0) is 34.4. The van der Waals surface area contributed by atoms with Gasteiger partial charge in [0.05, 0.1) is 24.0 Å². The number of carbonyl (C=O) groups excluding carboxylic acids is 4. The molecule has 256 valence electrons. The molecule has 1 saturated carbocycles. The number of nitrogen functional groups attached to an aromatic ring is 1. The van der Waals surface area contributed by atoms with E-state index in [1.807, 2.05) is 51.1 Å². The average molecular weight is 660 g/mol. The van der Waals surface area contributed by atoms with Gasteiger partial charge in [-0.1, -0.05) is 50.6 Å². The van der Waals surface area contributed by atoms with Crippen LogP contribution in [0.4, 0.5) is 5.82 Å². The Kier molecular flexibility index (Phi) is 11.1. The fourth-order valence-electron chi connectivity index (χ4n) is 6.53. The molecule has 2 aliphatic heterocycles. The van der Waals surface area contributed by atoms with E-state index in [1.54, 1.807) is 17.6 Å². The highest BCUT2D eigenvalue weighted by atomic mass is 16.5. The predicted molar refractivity (Wildman–Crippen MR) is 177 cm³/mol. The SMILES string of the molecule is CC(C)C(C)[C@H]1C(=O)N[C@H](C(=O)NCc2ccc(CNC(=O)c3ccc(NN)nc3)cc2)CC2C3=CC(=C[C@@H]32)OCCC[C@@H]1C(=O)NO. The van der Waals surface area contributed by atoms with E-state index >= 15 is 0 Å². The molecular formula is C35H45N7O6. The molecule has 48 heavy (non-hydrogen) atoms. The lowest BCUT2D eigenvalue weighted by Crippen LogP contribution is -2.52. The third-order valence-corrected chi connectivity index (χ3v) is 9.76. The number of amides is 4. The van der Waals surface area contributed by atoms with Crippen LogP contribution in [-0.2, 0) is 32.2 Å². The van der Waals surface area contributed by atoms with Crippen molar-refractivity contribution in [1.29, 1.82) is 0 Å². The van der Waals surface area contributed by atoms with Gasteiger partial charge in [-0.2, -0.15) is 0 Å². The molecule has 8 N–H and O–H groups in total. The Hall–Kier alpha value is -4.75. The zero-order valence-corrected chi connectivity index (χ0v) is 27.5. The number of hydrogen-bond donors (Lipinski definition) is 7. The Labute approximate surface area is 280 Å². The number of carbonyl (C=O) groups is 4. The molecule has 4 amide bonds. The standard InChI is InChI=1S/C35H45N7O6/c1-19(2)20(3)31-25(33(44)42-47)5-4-12-48-24-13-26-27(14-24)28(26)15-29(40-35(31)46)34(45)39-17-22-8-6-21(7-9-22)16-38-32(43)23-10-11-30(41-36)37-18-23/h6-11,13-14,18-20,25-26,28-29,31,47H,4-5,12,15-17,36H2,1-3H3,(H,37,41)(H,38,43)(H,39,45)(H,40,46)(H,42,44)/t20?,25-,26-,28?,29-,31+/m0/s1. The topological polar surface area (TPSA) is 197 Å². The van der Waals surface area contributed by atoms with Crippen molar-refractivity contribution in [1.82, 2.24) is 26.4 Å². The van der Waals surface area contributed by atoms with Crippen molar-refractivity contribution in [2.75, 3.05) is 12.0 Å². The summed E-state index contributed by atoms with van der Waals surface area (Å²) in [4.78, 5) is 57.0. The van der Waals surface area contributed by atoms with Crippen molar-refractivity contribution >= 4 is 29.4 Å². The molecule has 13 nitrogen and oxygen atoms in total. The minimum Gasteiger partial charge on any atom is -0.494 e. The molecule has 0 radical (unpaired) electrons. The van der Waals surface area contributed by atoms with Gasteiger partial charge < -0.3 is 26.1 Å². The Bertz CT molecular complexity index is 1560. The lowest BCUT2D eigenvalue weighted by Gasteiger charge is -2.33. The third kappa shape index (κ3) is 8.20. The van der Waals surface area contributed by atoms with E-state index < -0.39 is 23.8 Å². The van der Waals surface area contributed by atoms with Crippen LogP contribution in [0.2, 0.25) is 0 Å². The smallest absolute Gasteiger partial charge is 0.253 e. The molecule has 6 atom stereocenters. The summed E-state index contributed by atoms with van der Waals surface area (Å²) >= 11 is 0. The van der Waals surface area contributed by atoms with E-state index in [4.69, 9.17) is 10.6 Å². The Morgan fingerprint density at radius 3 is 2.33 bits per heavy atom. The molecular weight excluding hydrogens is 614 g/mol. The average Bonchev–Trinajstić information content (AvgIpc) is 3.53. The first-order chi connectivity index (χ1) is 23.1. The van der Waals surface area contributed by atoms with E-state index in [1.165, 1.54) is 11.8 Å². The third-order valence-electron chi connectivity index (χ3n) is 9.76. The summed E-state index contributed by atoms with van der Waals surface area (Å²) in [6.45, 7) is 6.84. The number of hydrogen-bond acceptors (Lipinski definition) is 9. The number of hydroxylamine groups is 1. The zero-order valence-electron chi connectivity index (χ0n) is 27.5. The minimum absolute atomic E-state index is 0.0710. The van der Waals surface area contributed by atoms with Crippen LogP contribution < -0.4 is 32.7 Å². The van der Waals surface area contributed by atoms with Crippen molar-refractivity contribution in [2.45, 2.75) is 59.2 Å². The highest BCUT2D eigenvalue weighted by Crippen LogP contribution is 2.54. The van der Waals surface area contributed by atoms with Crippen molar-refractivity contribution < 1.29 is 29.1 Å². The fourth-order valence-corrected chi connectivity index (χ4v) is 6.53. The number of pyridine rings is 1. The van der Waals surface area contributed by atoms with Gasteiger partial charge in [-0.15, -0.1) is 0 Å². The summed E-state index contributed by atoms with van der Waals surface area (Å²) in [5.74, 6) is 3.61. The lowest BCUT2D eigenvalue weighted by molar-refractivity contribution is -0.144. The molecule has 4 aliphatic rings. The maximum atomic E-state index is 14.0. The Balaban J connectivity index is 1.24. The second-order valence-corrected chi connectivity index (χ2v) is 13.1. The minimum atomic E-state index is -0.826. The van der Waals surface area contributed by atoms with Gasteiger partial charge >= 0.3 is 0 Å². The monoisotopic (exact) mass is 659 g/mol. The second kappa shape index (κ2) is 15.4. The van der Waals surface area contributed by atoms with Gasteiger partial charge in [-0.05, 0) is 72.4 Å². The number of fused-ring (bicyclic) bond motifs is 9. The first-order valence-electron chi connectivity index (χ1n) is 16.5. The summed E-state index contributed by atoms with van der Waals surface area (Å²) in [6.07, 6.45) is 6.78. The van der Waals surface area contributed by atoms with Crippen LogP contribution in [0, 0.1) is 35.5 Å². The fraction of sp³-hybridized carbons (Fsp3) is 0.457. The first-order valence-corrected chi connectivity index (χ1v) is 16.5. The maximum Gasteiger partial charge on any atom is 0.253 e. The van der Waals surface area contributed by atoms with Crippen LogP contribution in [0.1, 0.15) is 61.5 Å². The van der Waals surface area contributed by atoms with Crippen molar-refractivity contribution in [3.63, 3.8) is 0 Å². The van der Waals surface area contributed by atoms with Crippen LogP contribution in [0.15, 0.2) is 66.1 Å². The highest BCUT2D eigenvalue weighted by molar-refractivity contribution is 5.94. The summed E-state index contributed by atoms with van der Waals surface area (Å²) in [6, 6.07) is 9.91. The molecule has 1 aromatic carbocycles. The van der Waals surface area contributed by atoms with Gasteiger partial charge in [0, 0.05) is 25.2 Å². The number of nitrogens with two attached hydrogens (primary N) is 1. The highest BCUT2D eigenvalue weighted by Gasteiger charge is 2.49. The summed E-state index contributed by atoms with van der Waals surface area (Å²) < 4.78 is 5.93. The van der Waals surface area contributed by atoms with Gasteiger partial charge in [0.15, 0.2) is 0 Å². The second-order valence-electron chi connectivity index (χ2n) is 13.1. The van der Waals surface area contributed by atoms with Gasteiger partial charge in [0.25, 0.3) is 5.91 Å². The van der Waals surface area contributed by atoms with E-state index in [0.717, 1.165) is 16.9 Å². The van der Waals surface area contributed by atoms with E-state index in [2.05, 4.69) is 32.4 Å². The molecule has 4 bridgehead atoms. The number of benzene rings is 1. The predicted octanol–water partition coefficient (Wildman–Crippen LogP) is 2.70. The summed E-state index contributed by atoms with van der Waals surface area (Å²) in [5, 5.41) is 18.4. The summed E-state index contributed by atoms with van der Waals surface area (Å²) in [7, 11) is 0. The van der Waals surface area contributed by atoms with E-state index in [9.17, 15) is 24.4 Å².